The minimum absolute atomic E-state index is 0.426. The fourth-order valence-electron chi connectivity index (χ4n) is 7.81. The first kappa shape index (κ1) is 54.4. The normalized spacial score (nSPS) is 12.8. The van der Waals surface area contributed by atoms with Crippen LogP contribution in [0.1, 0.15) is 252 Å². The maximum Gasteiger partial charge on any atom is 0.222 e. The standard InChI is InChI=1S/C53H100N2O/c1-6-9-12-15-18-20-22-24-26-28-30-32-34-36-39-41-44-48-52(47-43-40-38-35-33-31-29-27-25-23-21-19-16-13-10-7-2)55(51-46-50-54(4)5)53(56)49-45-42-37-17-14-11-8-3/h19-22,25-28,52H,6-18,23-24,29-51H2,1-5H3/b21-19-,22-20-,27-25-,28-26-. The molecule has 3 nitrogen and oxygen atoms in total. The summed E-state index contributed by atoms with van der Waals surface area (Å²) in [7, 11) is 4.33. The molecule has 0 bridgehead atoms. The van der Waals surface area contributed by atoms with Crippen LogP contribution in [0.4, 0.5) is 0 Å². The van der Waals surface area contributed by atoms with Crippen molar-refractivity contribution in [3.8, 4) is 0 Å². The van der Waals surface area contributed by atoms with Gasteiger partial charge in [-0.05, 0) is 111 Å². The third-order valence-electron chi connectivity index (χ3n) is 11.5. The van der Waals surface area contributed by atoms with Crippen LogP contribution in [-0.2, 0) is 4.79 Å². The van der Waals surface area contributed by atoms with Crippen LogP contribution in [0.3, 0.4) is 0 Å². The first-order valence-electron chi connectivity index (χ1n) is 25.1. The zero-order valence-electron chi connectivity index (χ0n) is 38.9. The quantitative estimate of drug-likeness (QED) is 0.0454. The van der Waals surface area contributed by atoms with Crippen molar-refractivity contribution in [1.82, 2.24) is 9.80 Å². The Morgan fingerprint density at radius 2 is 0.732 bits per heavy atom. The molecule has 0 aromatic heterocycles. The van der Waals surface area contributed by atoms with E-state index < -0.39 is 0 Å². The van der Waals surface area contributed by atoms with E-state index in [-0.39, 0.29) is 0 Å². The van der Waals surface area contributed by atoms with Gasteiger partial charge in [-0.25, -0.2) is 0 Å². The molecule has 0 N–H and O–H groups in total. The Labute approximate surface area is 353 Å². The van der Waals surface area contributed by atoms with Gasteiger partial charge in [-0.1, -0.05) is 204 Å². The highest BCUT2D eigenvalue weighted by atomic mass is 16.2. The summed E-state index contributed by atoms with van der Waals surface area (Å²) in [5, 5.41) is 0. The lowest BCUT2D eigenvalue weighted by Gasteiger charge is -2.33. The van der Waals surface area contributed by atoms with Gasteiger partial charge < -0.3 is 9.80 Å². The topological polar surface area (TPSA) is 23.6 Å². The third-order valence-corrected chi connectivity index (χ3v) is 11.5. The highest BCUT2D eigenvalue weighted by Crippen LogP contribution is 2.22. The van der Waals surface area contributed by atoms with E-state index >= 15 is 0 Å². The molecule has 0 saturated heterocycles. The average molecular weight is 781 g/mol. The highest BCUT2D eigenvalue weighted by Gasteiger charge is 2.22. The molecule has 1 atom stereocenters. The summed E-state index contributed by atoms with van der Waals surface area (Å²) in [5.74, 6) is 0.442. The lowest BCUT2D eigenvalue weighted by molar-refractivity contribution is -0.134. The first-order chi connectivity index (χ1) is 27.6. The lowest BCUT2D eigenvalue weighted by Crippen LogP contribution is -2.41. The van der Waals surface area contributed by atoms with Crippen molar-refractivity contribution in [2.45, 2.75) is 258 Å². The van der Waals surface area contributed by atoms with Gasteiger partial charge in [-0.15, -0.1) is 0 Å². The molecular weight excluding hydrogens is 681 g/mol. The molecule has 0 aliphatic carbocycles. The molecule has 0 aromatic carbocycles. The molecule has 0 radical (unpaired) electrons. The summed E-state index contributed by atoms with van der Waals surface area (Å²) >= 11 is 0. The summed E-state index contributed by atoms with van der Waals surface area (Å²) in [6.45, 7) is 8.83. The molecule has 56 heavy (non-hydrogen) atoms. The van der Waals surface area contributed by atoms with E-state index in [0.29, 0.717) is 11.9 Å². The van der Waals surface area contributed by atoms with Crippen LogP contribution in [0.5, 0.6) is 0 Å². The van der Waals surface area contributed by atoms with Crippen molar-refractivity contribution >= 4 is 5.91 Å². The maximum atomic E-state index is 13.8. The van der Waals surface area contributed by atoms with Gasteiger partial charge in [0.05, 0.1) is 0 Å². The molecule has 3 heteroatoms. The molecule has 0 aliphatic rings. The van der Waals surface area contributed by atoms with Gasteiger partial charge in [-0.2, -0.15) is 0 Å². The molecule has 0 aromatic rings. The highest BCUT2D eigenvalue weighted by molar-refractivity contribution is 5.76. The minimum Gasteiger partial charge on any atom is -0.340 e. The monoisotopic (exact) mass is 781 g/mol. The zero-order chi connectivity index (χ0) is 40.8. The van der Waals surface area contributed by atoms with Crippen LogP contribution in [-0.4, -0.2) is 48.9 Å². The van der Waals surface area contributed by atoms with Gasteiger partial charge in [0.25, 0.3) is 0 Å². The summed E-state index contributed by atoms with van der Waals surface area (Å²) in [6, 6.07) is 0.426. The molecular formula is C53H100N2O. The number of unbranched alkanes of at least 4 members (excludes halogenated alkanes) is 25. The third kappa shape index (κ3) is 40.6. The van der Waals surface area contributed by atoms with Gasteiger partial charge in [-0.3, -0.25) is 4.79 Å². The Hall–Kier alpha value is -1.61. The minimum atomic E-state index is 0.426. The van der Waals surface area contributed by atoms with Crippen molar-refractivity contribution in [3.63, 3.8) is 0 Å². The Morgan fingerprint density at radius 1 is 0.393 bits per heavy atom. The van der Waals surface area contributed by atoms with Gasteiger partial charge in [0, 0.05) is 19.0 Å². The number of hydrogen-bond donors (Lipinski definition) is 0. The Morgan fingerprint density at radius 3 is 1.16 bits per heavy atom. The van der Waals surface area contributed by atoms with Crippen molar-refractivity contribution < 1.29 is 4.79 Å². The summed E-state index contributed by atoms with van der Waals surface area (Å²) < 4.78 is 0. The molecule has 1 amide bonds. The second-order valence-corrected chi connectivity index (χ2v) is 17.4. The maximum absolute atomic E-state index is 13.8. The number of nitrogens with zero attached hydrogens (tertiary/aromatic N) is 2. The Balaban J connectivity index is 4.74. The zero-order valence-corrected chi connectivity index (χ0v) is 38.9. The number of allylic oxidation sites excluding steroid dienone is 8. The van der Waals surface area contributed by atoms with E-state index in [0.717, 1.165) is 45.2 Å². The summed E-state index contributed by atoms with van der Waals surface area (Å²) in [5.41, 5.74) is 0. The SMILES string of the molecule is CCCCC/C=C\C/C=C\CCCCCCCCC(CCCCCCCC/C=C\C/C=C\CCCCCC)N(CCCN(C)C)C(=O)CCCCCCCCC. The number of carbonyl (C=O) groups is 1. The molecule has 0 saturated carbocycles. The van der Waals surface area contributed by atoms with Gasteiger partial charge in [0.1, 0.15) is 0 Å². The predicted molar refractivity (Wildman–Crippen MR) is 254 cm³/mol. The van der Waals surface area contributed by atoms with Crippen LogP contribution < -0.4 is 0 Å². The molecule has 0 aliphatic heterocycles. The van der Waals surface area contributed by atoms with Crippen molar-refractivity contribution in [1.29, 1.82) is 0 Å². The molecule has 328 valence electrons. The van der Waals surface area contributed by atoms with Crippen molar-refractivity contribution in [3.05, 3.63) is 48.6 Å². The molecule has 0 spiro atoms. The van der Waals surface area contributed by atoms with Gasteiger partial charge in [0.15, 0.2) is 0 Å². The van der Waals surface area contributed by atoms with E-state index in [1.165, 1.54) is 199 Å². The molecule has 1 unspecified atom stereocenters. The fraction of sp³-hybridized carbons (Fsp3) is 0.830. The number of carbonyl (C=O) groups excluding carboxylic acids is 1. The van der Waals surface area contributed by atoms with E-state index in [2.05, 4.69) is 93.3 Å². The van der Waals surface area contributed by atoms with E-state index in [1.807, 2.05) is 0 Å². The van der Waals surface area contributed by atoms with E-state index in [1.54, 1.807) is 0 Å². The molecule has 0 rings (SSSR count). The second kappa shape index (κ2) is 46.1. The van der Waals surface area contributed by atoms with Crippen LogP contribution in [0.15, 0.2) is 48.6 Å². The van der Waals surface area contributed by atoms with Gasteiger partial charge in [0.2, 0.25) is 5.91 Å². The van der Waals surface area contributed by atoms with E-state index in [9.17, 15) is 4.79 Å². The lowest BCUT2D eigenvalue weighted by atomic mass is 9.97. The Kier molecular flexibility index (Phi) is 44.8. The number of hydrogen-bond acceptors (Lipinski definition) is 2. The average Bonchev–Trinajstić information content (AvgIpc) is 3.19. The molecule has 0 fully saturated rings. The first-order valence-corrected chi connectivity index (χ1v) is 25.1. The van der Waals surface area contributed by atoms with Gasteiger partial charge >= 0.3 is 0 Å². The largest absolute Gasteiger partial charge is 0.340 e. The fourth-order valence-corrected chi connectivity index (χ4v) is 7.81. The van der Waals surface area contributed by atoms with Crippen molar-refractivity contribution in [2.24, 2.45) is 0 Å². The number of rotatable bonds is 44. The smallest absolute Gasteiger partial charge is 0.222 e. The van der Waals surface area contributed by atoms with E-state index in [4.69, 9.17) is 0 Å². The molecule has 0 heterocycles. The number of amides is 1. The predicted octanol–water partition coefficient (Wildman–Crippen LogP) is 17.1. The van der Waals surface area contributed by atoms with Crippen LogP contribution in [0, 0.1) is 0 Å². The Bertz CT molecular complexity index is 901. The second-order valence-electron chi connectivity index (χ2n) is 17.4. The van der Waals surface area contributed by atoms with Crippen LogP contribution >= 0.6 is 0 Å². The summed E-state index contributed by atoms with van der Waals surface area (Å²) in [4.78, 5) is 18.5. The van der Waals surface area contributed by atoms with Crippen LogP contribution in [0.25, 0.3) is 0 Å². The van der Waals surface area contributed by atoms with Crippen molar-refractivity contribution in [2.75, 3.05) is 27.2 Å². The van der Waals surface area contributed by atoms with Crippen LogP contribution in [0.2, 0.25) is 0 Å². The summed E-state index contributed by atoms with van der Waals surface area (Å²) in [6.07, 6.45) is 64.5.